The maximum atomic E-state index is 10.2. The van der Waals surface area contributed by atoms with Crippen molar-refractivity contribution in [2.45, 2.75) is 78.1 Å². The molecular weight excluding hydrogens is 272 g/mol. The SMILES string of the molecule is CC1(CCCc2cc(O)c(CCCC3(C)CC3)cc2O)CC1. The van der Waals surface area contributed by atoms with Gasteiger partial charge in [0, 0.05) is 0 Å². The monoisotopic (exact) mass is 302 g/mol. The molecule has 0 unspecified atom stereocenters. The summed E-state index contributed by atoms with van der Waals surface area (Å²) in [5, 5.41) is 20.4. The van der Waals surface area contributed by atoms with Crippen LogP contribution in [0.15, 0.2) is 12.1 Å². The molecule has 22 heavy (non-hydrogen) atoms. The van der Waals surface area contributed by atoms with Crippen LogP contribution >= 0.6 is 0 Å². The van der Waals surface area contributed by atoms with Crippen molar-refractivity contribution in [3.8, 4) is 11.5 Å². The Labute approximate surface area is 134 Å². The Morgan fingerprint density at radius 3 is 1.45 bits per heavy atom. The maximum absolute atomic E-state index is 10.2. The van der Waals surface area contributed by atoms with Crippen molar-refractivity contribution in [3.63, 3.8) is 0 Å². The maximum Gasteiger partial charge on any atom is 0.119 e. The van der Waals surface area contributed by atoms with Gasteiger partial charge in [0.1, 0.15) is 11.5 Å². The van der Waals surface area contributed by atoms with Gasteiger partial charge in [-0.15, -0.1) is 0 Å². The van der Waals surface area contributed by atoms with Crippen LogP contribution in [0.5, 0.6) is 11.5 Å². The van der Waals surface area contributed by atoms with Gasteiger partial charge in [0.15, 0.2) is 0 Å². The van der Waals surface area contributed by atoms with E-state index in [1.165, 1.54) is 38.5 Å². The Morgan fingerprint density at radius 1 is 0.773 bits per heavy atom. The zero-order valence-electron chi connectivity index (χ0n) is 14.1. The van der Waals surface area contributed by atoms with Crippen molar-refractivity contribution in [3.05, 3.63) is 23.3 Å². The highest BCUT2D eigenvalue weighted by molar-refractivity contribution is 5.45. The zero-order valence-corrected chi connectivity index (χ0v) is 14.1. The summed E-state index contributed by atoms with van der Waals surface area (Å²) >= 11 is 0. The largest absolute Gasteiger partial charge is 0.508 e. The number of phenolic OH excluding ortho intramolecular Hbond substituents is 2. The molecule has 122 valence electrons. The molecule has 0 atom stereocenters. The molecule has 2 nitrogen and oxygen atoms in total. The van der Waals surface area contributed by atoms with Gasteiger partial charge < -0.3 is 10.2 Å². The van der Waals surface area contributed by atoms with Crippen LogP contribution in [0.1, 0.15) is 76.3 Å². The number of phenols is 2. The van der Waals surface area contributed by atoms with Crippen LogP contribution < -0.4 is 0 Å². The van der Waals surface area contributed by atoms with Crippen LogP contribution in [0.25, 0.3) is 0 Å². The summed E-state index contributed by atoms with van der Waals surface area (Å²) in [7, 11) is 0. The average Bonchev–Trinajstić information content (AvgIpc) is 3.36. The predicted octanol–water partition coefficient (Wildman–Crippen LogP) is 5.34. The summed E-state index contributed by atoms with van der Waals surface area (Å²) < 4.78 is 0. The zero-order chi connectivity index (χ0) is 15.8. The second-order valence-electron chi connectivity index (χ2n) is 8.44. The highest BCUT2D eigenvalue weighted by atomic mass is 16.3. The van der Waals surface area contributed by atoms with E-state index in [-0.39, 0.29) is 0 Å². The van der Waals surface area contributed by atoms with Crippen LogP contribution in [0.3, 0.4) is 0 Å². The van der Waals surface area contributed by atoms with Gasteiger partial charge in [-0.3, -0.25) is 0 Å². The lowest BCUT2D eigenvalue weighted by molar-refractivity contribution is 0.438. The lowest BCUT2D eigenvalue weighted by Gasteiger charge is -2.12. The molecule has 2 heteroatoms. The highest BCUT2D eigenvalue weighted by Gasteiger charge is 2.36. The van der Waals surface area contributed by atoms with E-state index in [1.54, 1.807) is 12.1 Å². The van der Waals surface area contributed by atoms with Gasteiger partial charge in [0.2, 0.25) is 0 Å². The normalized spacial score (nSPS) is 20.8. The van der Waals surface area contributed by atoms with E-state index in [1.807, 2.05) is 0 Å². The average molecular weight is 302 g/mol. The topological polar surface area (TPSA) is 40.5 Å². The first-order valence-corrected chi connectivity index (χ1v) is 8.93. The lowest BCUT2D eigenvalue weighted by atomic mass is 9.95. The molecule has 1 aromatic rings. The molecule has 0 bridgehead atoms. The molecular formula is C20H30O2. The molecule has 2 saturated carbocycles. The van der Waals surface area contributed by atoms with Crippen molar-refractivity contribution in [1.29, 1.82) is 0 Å². The van der Waals surface area contributed by atoms with Crippen LogP contribution in [0.4, 0.5) is 0 Å². The third-order valence-electron chi connectivity index (χ3n) is 5.94. The van der Waals surface area contributed by atoms with Gasteiger partial charge in [-0.1, -0.05) is 13.8 Å². The summed E-state index contributed by atoms with van der Waals surface area (Å²) in [6, 6.07) is 3.58. The van der Waals surface area contributed by atoms with Gasteiger partial charge in [0.25, 0.3) is 0 Å². The van der Waals surface area contributed by atoms with E-state index >= 15 is 0 Å². The summed E-state index contributed by atoms with van der Waals surface area (Å²) in [6.07, 6.45) is 11.8. The Morgan fingerprint density at radius 2 is 1.14 bits per heavy atom. The summed E-state index contributed by atoms with van der Waals surface area (Å²) in [5.74, 6) is 0.734. The molecule has 3 rings (SSSR count). The van der Waals surface area contributed by atoms with Crippen molar-refractivity contribution in [1.82, 2.24) is 0 Å². The fourth-order valence-corrected chi connectivity index (χ4v) is 3.40. The Hall–Kier alpha value is -1.18. The smallest absolute Gasteiger partial charge is 0.119 e. The highest BCUT2D eigenvalue weighted by Crippen LogP contribution is 2.50. The molecule has 0 radical (unpaired) electrons. The van der Waals surface area contributed by atoms with E-state index in [9.17, 15) is 10.2 Å². The van der Waals surface area contributed by atoms with E-state index in [2.05, 4.69) is 13.8 Å². The number of aromatic hydroxyl groups is 2. The summed E-state index contributed by atoms with van der Waals surface area (Å²) in [6.45, 7) is 4.68. The first-order chi connectivity index (χ1) is 10.4. The summed E-state index contributed by atoms with van der Waals surface area (Å²) in [5.41, 5.74) is 2.94. The van der Waals surface area contributed by atoms with Crippen LogP contribution in [-0.4, -0.2) is 10.2 Å². The molecule has 0 aromatic heterocycles. The molecule has 0 saturated heterocycles. The van der Waals surface area contributed by atoms with Crippen LogP contribution in [0.2, 0.25) is 0 Å². The molecule has 0 heterocycles. The summed E-state index contributed by atoms with van der Waals surface area (Å²) in [4.78, 5) is 0. The molecule has 0 amide bonds. The van der Waals surface area contributed by atoms with Crippen LogP contribution in [-0.2, 0) is 12.8 Å². The molecule has 0 aliphatic heterocycles. The van der Waals surface area contributed by atoms with Crippen LogP contribution in [0, 0.1) is 10.8 Å². The van der Waals surface area contributed by atoms with Crippen molar-refractivity contribution in [2.24, 2.45) is 10.8 Å². The number of aryl methyl sites for hydroxylation is 2. The standard InChI is InChI=1S/C20H30O2/c1-19(9-10-19)7-3-5-15-13-18(22)16(14-17(15)21)6-4-8-20(2)11-12-20/h13-14,21-22H,3-12H2,1-2H3. The number of hydrogen-bond acceptors (Lipinski definition) is 2. The van der Waals surface area contributed by atoms with Gasteiger partial charge in [-0.2, -0.15) is 0 Å². The quantitative estimate of drug-likeness (QED) is 0.636. The third-order valence-corrected chi connectivity index (χ3v) is 5.94. The fraction of sp³-hybridized carbons (Fsp3) is 0.700. The lowest BCUT2D eigenvalue weighted by Crippen LogP contribution is -1.97. The molecule has 2 aliphatic rings. The van der Waals surface area contributed by atoms with Gasteiger partial charge in [-0.25, -0.2) is 0 Å². The van der Waals surface area contributed by atoms with Gasteiger partial charge in [0.05, 0.1) is 0 Å². The predicted molar refractivity (Wildman–Crippen MR) is 90.3 cm³/mol. The number of rotatable bonds is 8. The van der Waals surface area contributed by atoms with Crippen molar-refractivity contribution in [2.75, 3.05) is 0 Å². The Balaban J connectivity index is 1.52. The molecule has 2 fully saturated rings. The first-order valence-electron chi connectivity index (χ1n) is 8.93. The second-order valence-corrected chi connectivity index (χ2v) is 8.44. The molecule has 1 aromatic carbocycles. The minimum atomic E-state index is 0.367. The Bertz CT molecular complexity index is 489. The van der Waals surface area contributed by atoms with E-state index in [0.29, 0.717) is 22.3 Å². The third kappa shape index (κ3) is 3.97. The number of benzene rings is 1. The van der Waals surface area contributed by atoms with E-state index in [0.717, 1.165) is 36.8 Å². The van der Waals surface area contributed by atoms with E-state index in [4.69, 9.17) is 0 Å². The van der Waals surface area contributed by atoms with Crippen molar-refractivity contribution >= 4 is 0 Å². The van der Waals surface area contributed by atoms with E-state index < -0.39 is 0 Å². The number of hydrogen-bond donors (Lipinski definition) is 2. The minimum Gasteiger partial charge on any atom is -0.508 e. The van der Waals surface area contributed by atoms with Gasteiger partial charge in [-0.05, 0) is 98.3 Å². The van der Waals surface area contributed by atoms with Gasteiger partial charge >= 0.3 is 0 Å². The fourth-order valence-electron chi connectivity index (χ4n) is 3.40. The molecule has 0 spiro atoms. The second kappa shape index (κ2) is 5.79. The van der Waals surface area contributed by atoms with Crippen molar-refractivity contribution < 1.29 is 10.2 Å². The molecule has 2 N–H and O–H groups in total. The minimum absolute atomic E-state index is 0.367. The Kier molecular flexibility index (Phi) is 4.13. The first kappa shape index (κ1) is 15.7. The molecule has 2 aliphatic carbocycles.